The van der Waals surface area contributed by atoms with E-state index in [1.54, 1.807) is 30.3 Å². The third kappa shape index (κ3) is 4.52. The second-order valence-electron chi connectivity index (χ2n) is 6.81. The van der Waals surface area contributed by atoms with E-state index < -0.39 is 11.6 Å². The zero-order valence-electron chi connectivity index (χ0n) is 16.2. The van der Waals surface area contributed by atoms with Crippen molar-refractivity contribution in [3.8, 4) is 17.2 Å². The van der Waals surface area contributed by atoms with E-state index in [2.05, 4.69) is 0 Å². The minimum absolute atomic E-state index is 0.0182. The molecule has 0 amide bonds. The number of esters is 1. The molecule has 2 heterocycles. The highest BCUT2D eigenvalue weighted by atomic mass is 35.5. The Morgan fingerprint density at radius 3 is 2.83 bits per heavy atom. The van der Waals surface area contributed by atoms with Gasteiger partial charge in [-0.3, -0.25) is 0 Å². The van der Waals surface area contributed by atoms with Crippen molar-refractivity contribution in [2.24, 2.45) is 0 Å². The van der Waals surface area contributed by atoms with Crippen molar-refractivity contribution in [1.82, 2.24) is 0 Å². The summed E-state index contributed by atoms with van der Waals surface area (Å²) in [5, 5.41) is 1.21. The zero-order valence-corrected chi connectivity index (χ0v) is 17.0. The molecule has 0 fully saturated rings. The molecule has 156 valence electrons. The Balaban J connectivity index is 1.36. The number of benzene rings is 2. The molecule has 3 aromatic rings. The SMILES string of the molecule is Cc1cc(=O)oc2cc(OCC(=O)OCc3cc(Cl)c4c(c3)OCCCO4)ccc12. The van der Waals surface area contributed by atoms with Crippen molar-refractivity contribution in [3.05, 3.63) is 63.0 Å². The molecular weight excluding hydrogens is 412 g/mol. The molecule has 0 N–H and O–H groups in total. The van der Waals surface area contributed by atoms with E-state index in [4.69, 9.17) is 35.0 Å². The number of halogens is 1. The van der Waals surface area contributed by atoms with Gasteiger partial charge in [0, 0.05) is 23.9 Å². The first-order valence-corrected chi connectivity index (χ1v) is 9.78. The molecule has 2 aromatic carbocycles. The van der Waals surface area contributed by atoms with Crippen LogP contribution in [-0.2, 0) is 16.1 Å². The third-order valence-electron chi connectivity index (χ3n) is 4.54. The Morgan fingerprint density at radius 1 is 1.13 bits per heavy atom. The van der Waals surface area contributed by atoms with E-state index in [0.29, 0.717) is 46.6 Å². The van der Waals surface area contributed by atoms with Gasteiger partial charge >= 0.3 is 11.6 Å². The maximum Gasteiger partial charge on any atom is 0.344 e. The quantitative estimate of drug-likeness (QED) is 0.446. The average Bonchev–Trinajstić information content (AvgIpc) is 2.96. The fourth-order valence-corrected chi connectivity index (χ4v) is 3.40. The largest absolute Gasteiger partial charge is 0.489 e. The van der Waals surface area contributed by atoms with Crippen LogP contribution in [0, 0.1) is 6.92 Å². The van der Waals surface area contributed by atoms with E-state index >= 15 is 0 Å². The van der Waals surface area contributed by atoms with Gasteiger partial charge in [-0.15, -0.1) is 0 Å². The van der Waals surface area contributed by atoms with Crippen LogP contribution in [0.5, 0.6) is 17.2 Å². The average molecular weight is 431 g/mol. The number of ether oxygens (including phenoxy) is 4. The van der Waals surface area contributed by atoms with Crippen LogP contribution in [0.2, 0.25) is 5.02 Å². The van der Waals surface area contributed by atoms with Gasteiger partial charge in [-0.05, 0) is 42.3 Å². The number of hydrogen-bond acceptors (Lipinski definition) is 7. The van der Waals surface area contributed by atoms with Crippen LogP contribution in [0.4, 0.5) is 0 Å². The minimum Gasteiger partial charge on any atom is -0.489 e. The lowest BCUT2D eigenvalue weighted by Crippen LogP contribution is -2.14. The lowest BCUT2D eigenvalue weighted by atomic mass is 10.1. The second kappa shape index (κ2) is 8.67. The van der Waals surface area contributed by atoms with E-state index in [1.165, 1.54) is 6.07 Å². The molecule has 1 aliphatic heterocycles. The highest BCUT2D eigenvalue weighted by molar-refractivity contribution is 6.32. The van der Waals surface area contributed by atoms with Crippen molar-refractivity contribution >= 4 is 28.5 Å². The monoisotopic (exact) mass is 430 g/mol. The van der Waals surface area contributed by atoms with Gasteiger partial charge in [-0.2, -0.15) is 0 Å². The molecule has 0 radical (unpaired) electrons. The summed E-state index contributed by atoms with van der Waals surface area (Å²) in [5.74, 6) is 0.886. The van der Waals surface area contributed by atoms with Crippen molar-refractivity contribution in [2.75, 3.05) is 19.8 Å². The number of carbonyl (C=O) groups excluding carboxylic acids is 1. The van der Waals surface area contributed by atoms with Gasteiger partial charge in [0.2, 0.25) is 0 Å². The molecule has 0 unspecified atom stereocenters. The first-order valence-electron chi connectivity index (χ1n) is 9.40. The normalized spacial score (nSPS) is 13.0. The highest BCUT2D eigenvalue weighted by Gasteiger charge is 2.16. The van der Waals surface area contributed by atoms with Gasteiger partial charge < -0.3 is 23.4 Å². The summed E-state index contributed by atoms with van der Waals surface area (Å²) in [4.78, 5) is 23.6. The summed E-state index contributed by atoms with van der Waals surface area (Å²) in [6.45, 7) is 2.62. The Hall–Kier alpha value is -3.19. The summed E-state index contributed by atoms with van der Waals surface area (Å²) >= 11 is 6.24. The molecule has 0 saturated carbocycles. The Labute approximate surface area is 177 Å². The molecule has 0 atom stereocenters. The van der Waals surface area contributed by atoms with Crippen LogP contribution in [0.3, 0.4) is 0 Å². The molecular formula is C22H19ClO7. The van der Waals surface area contributed by atoms with Crippen LogP contribution in [0.15, 0.2) is 45.6 Å². The Bertz CT molecular complexity index is 1150. The molecule has 1 aromatic heterocycles. The third-order valence-corrected chi connectivity index (χ3v) is 4.82. The fraction of sp³-hybridized carbons (Fsp3) is 0.273. The van der Waals surface area contributed by atoms with E-state index in [1.807, 2.05) is 6.92 Å². The summed E-state index contributed by atoms with van der Waals surface area (Å²) in [7, 11) is 0. The minimum atomic E-state index is -0.552. The highest BCUT2D eigenvalue weighted by Crippen LogP contribution is 2.38. The Kier molecular flexibility index (Phi) is 5.81. The van der Waals surface area contributed by atoms with Gasteiger partial charge in [0.15, 0.2) is 18.1 Å². The first-order chi connectivity index (χ1) is 14.5. The molecule has 0 saturated heterocycles. The van der Waals surface area contributed by atoms with Crippen LogP contribution in [0.1, 0.15) is 17.5 Å². The molecule has 0 bridgehead atoms. The van der Waals surface area contributed by atoms with E-state index in [-0.39, 0.29) is 13.2 Å². The molecule has 8 heteroatoms. The van der Waals surface area contributed by atoms with Gasteiger partial charge in [-0.25, -0.2) is 9.59 Å². The number of fused-ring (bicyclic) bond motifs is 2. The van der Waals surface area contributed by atoms with E-state index in [9.17, 15) is 9.59 Å². The van der Waals surface area contributed by atoms with Gasteiger partial charge in [0.05, 0.1) is 18.2 Å². The zero-order chi connectivity index (χ0) is 21.1. The van der Waals surface area contributed by atoms with Gasteiger partial charge in [0.25, 0.3) is 0 Å². The second-order valence-corrected chi connectivity index (χ2v) is 7.22. The summed E-state index contributed by atoms with van der Waals surface area (Å²) in [6, 6.07) is 9.89. The predicted octanol–water partition coefficient (Wildman–Crippen LogP) is 4.04. The molecule has 30 heavy (non-hydrogen) atoms. The fourth-order valence-electron chi connectivity index (χ4n) is 3.11. The summed E-state index contributed by atoms with van der Waals surface area (Å²) in [6.07, 6.45) is 0.768. The smallest absolute Gasteiger partial charge is 0.344 e. The number of carbonyl (C=O) groups is 1. The lowest BCUT2D eigenvalue weighted by molar-refractivity contribution is -0.147. The molecule has 7 nitrogen and oxygen atoms in total. The van der Waals surface area contributed by atoms with Crippen LogP contribution in [0.25, 0.3) is 11.0 Å². The van der Waals surface area contributed by atoms with Crippen molar-refractivity contribution in [3.63, 3.8) is 0 Å². The molecule has 0 aliphatic carbocycles. The topological polar surface area (TPSA) is 84.2 Å². The standard InChI is InChI=1S/C22H19ClO7/c1-13-7-20(24)30-18-10-15(3-4-16(13)18)28-12-21(25)29-11-14-8-17(23)22-19(9-14)26-5-2-6-27-22/h3-4,7-10H,2,5-6,11-12H2,1H3. The van der Waals surface area contributed by atoms with Crippen LogP contribution < -0.4 is 19.8 Å². The maximum absolute atomic E-state index is 12.1. The molecule has 0 spiro atoms. The van der Waals surface area contributed by atoms with Crippen molar-refractivity contribution < 1.29 is 28.2 Å². The number of aryl methyl sites for hydroxylation is 1. The Morgan fingerprint density at radius 2 is 1.97 bits per heavy atom. The van der Waals surface area contributed by atoms with Gasteiger partial charge in [-0.1, -0.05) is 11.6 Å². The summed E-state index contributed by atoms with van der Waals surface area (Å²) in [5.41, 5.74) is 1.44. The van der Waals surface area contributed by atoms with Crippen LogP contribution >= 0.6 is 11.6 Å². The maximum atomic E-state index is 12.1. The summed E-state index contributed by atoms with van der Waals surface area (Å²) < 4.78 is 27.1. The van der Waals surface area contributed by atoms with Gasteiger partial charge in [0.1, 0.15) is 17.9 Å². The number of rotatable bonds is 5. The number of hydrogen-bond donors (Lipinski definition) is 0. The predicted molar refractivity (Wildman–Crippen MR) is 110 cm³/mol. The molecule has 4 rings (SSSR count). The molecule has 1 aliphatic rings. The van der Waals surface area contributed by atoms with Crippen LogP contribution in [-0.4, -0.2) is 25.8 Å². The van der Waals surface area contributed by atoms with Crippen molar-refractivity contribution in [1.29, 1.82) is 0 Å². The van der Waals surface area contributed by atoms with E-state index in [0.717, 1.165) is 17.4 Å². The first kappa shape index (κ1) is 20.1. The van der Waals surface area contributed by atoms with Crippen molar-refractivity contribution in [2.45, 2.75) is 20.0 Å². The lowest BCUT2D eigenvalue weighted by Gasteiger charge is -2.12.